The molecule has 2 unspecified atom stereocenters. The molecule has 0 aliphatic heterocycles. The Balaban J connectivity index is 1.50. The fourth-order valence-corrected chi connectivity index (χ4v) is 3.97. The zero-order valence-corrected chi connectivity index (χ0v) is 17.1. The Kier molecular flexibility index (Phi) is 6.91. The number of carboxylic acid groups (broad SMARTS) is 1. The number of carbonyl (C=O) groups is 2. The molecular weight excluding hydrogens is 366 g/mol. The van der Waals surface area contributed by atoms with Gasteiger partial charge in [0.2, 0.25) is 5.91 Å². The summed E-state index contributed by atoms with van der Waals surface area (Å²) < 4.78 is 5.95. The molecule has 1 fully saturated rings. The van der Waals surface area contributed by atoms with Crippen molar-refractivity contribution in [1.29, 1.82) is 0 Å². The predicted molar refractivity (Wildman–Crippen MR) is 112 cm³/mol. The van der Waals surface area contributed by atoms with Crippen molar-refractivity contribution in [2.45, 2.75) is 46.0 Å². The molecule has 0 heterocycles. The van der Waals surface area contributed by atoms with E-state index in [-0.39, 0.29) is 5.91 Å². The minimum Gasteiger partial charge on any atom is -0.481 e. The fourth-order valence-electron chi connectivity index (χ4n) is 3.97. The highest BCUT2D eigenvalue weighted by molar-refractivity contribution is 5.84. The van der Waals surface area contributed by atoms with Crippen LogP contribution in [-0.2, 0) is 16.0 Å². The Morgan fingerprint density at radius 2 is 1.72 bits per heavy atom. The molecule has 0 spiro atoms. The summed E-state index contributed by atoms with van der Waals surface area (Å²) in [5.41, 5.74) is 3.39. The van der Waals surface area contributed by atoms with Crippen LogP contribution < -0.4 is 10.1 Å². The SMILES string of the molecule is Cc1ccc(Oc2ccc(CCNC(=O)C3CCCCC3C(=O)O)cc2)c(C)c1. The third-order valence-electron chi connectivity index (χ3n) is 5.61. The van der Waals surface area contributed by atoms with Gasteiger partial charge in [-0.1, -0.05) is 42.7 Å². The van der Waals surface area contributed by atoms with E-state index >= 15 is 0 Å². The van der Waals surface area contributed by atoms with Gasteiger partial charge in [0.15, 0.2) is 0 Å². The van der Waals surface area contributed by atoms with Crippen LogP contribution in [0.4, 0.5) is 0 Å². The van der Waals surface area contributed by atoms with Gasteiger partial charge in [0.1, 0.15) is 11.5 Å². The van der Waals surface area contributed by atoms with E-state index < -0.39 is 17.8 Å². The first-order valence-electron chi connectivity index (χ1n) is 10.3. The van der Waals surface area contributed by atoms with Crippen LogP contribution in [0.1, 0.15) is 42.4 Å². The van der Waals surface area contributed by atoms with Crippen molar-refractivity contribution in [2.24, 2.45) is 11.8 Å². The topological polar surface area (TPSA) is 75.6 Å². The number of ether oxygens (including phenoxy) is 1. The minimum atomic E-state index is -0.857. The number of rotatable bonds is 7. The molecule has 2 N–H and O–H groups in total. The maximum Gasteiger partial charge on any atom is 0.307 e. The van der Waals surface area contributed by atoms with Crippen molar-refractivity contribution in [3.63, 3.8) is 0 Å². The molecular formula is C24H29NO4. The summed E-state index contributed by atoms with van der Waals surface area (Å²) in [5, 5.41) is 12.3. The lowest BCUT2D eigenvalue weighted by molar-refractivity contribution is -0.148. The average molecular weight is 395 g/mol. The maximum absolute atomic E-state index is 12.4. The van der Waals surface area contributed by atoms with E-state index in [4.69, 9.17) is 4.74 Å². The first-order chi connectivity index (χ1) is 13.9. The number of amides is 1. The van der Waals surface area contributed by atoms with Crippen LogP contribution in [0.2, 0.25) is 0 Å². The molecule has 29 heavy (non-hydrogen) atoms. The Morgan fingerprint density at radius 3 is 2.38 bits per heavy atom. The average Bonchev–Trinajstić information content (AvgIpc) is 2.71. The molecule has 154 valence electrons. The highest BCUT2D eigenvalue weighted by Gasteiger charge is 2.35. The van der Waals surface area contributed by atoms with Crippen molar-refractivity contribution < 1.29 is 19.4 Å². The Bertz CT molecular complexity index is 860. The van der Waals surface area contributed by atoms with Crippen molar-refractivity contribution in [3.8, 4) is 11.5 Å². The molecule has 5 heteroatoms. The zero-order valence-electron chi connectivity index (χ0n) is 17.1. The Morgan fingerprint density at radius 1 is 1.03 bits per heavy atom. The highest BCUT2D eigenvalue weighted by Crippen LogP contribution is 2.30. The van der Waals surface area contributed by atoms with Gasteiger partial charge in [-0.3, -0.25) is 9.59 Å². The van der Waals surface area contributed by atoms with Crippen molar-refractivity contribution >= 4 is 11.9 Å². The normalized spacial score (nSPS) is 18.8. The molecule has 0 saturated heterocycles. The number of carboxylic acids is 1. The molecule has 0 radical (unpaired) electrons. The number of carbonyl (C=O) groups excluding carboxylic acids is 1. The quantitative estimate of drug-likeness (QED) is 0.716. The van der Waals surface area contributed by atoms with Gasteiger partial charge in [0, 0.05) is 6.54 Å². The highest BCUT2D eigenvalue weighted by atomic mass is 16.5. The van der Waals surface area contributed by atoms with Crippen LogP contribution in [0.3, 0.4) is 0 Å². The largest absolute Gasteiger partial charge is 0.481 e. The van der Waals surface area contributed by atoms with Crippen LogP contribution in [0.25, 0.3) is 0 Å². The first-order valence-corrected chi connectivity index (χ1v) is 10.3. The van der Waals surface area contributed by atoms with E-state index in [1.165, 1.54) is 5.56 Å². The zero-order chi connectivity index (χ0) is 20.8. The van der Waals surface area contributed by atoms with Crippen molar-refractivity contribution in [1.82, 2.24) is 5.32 Å². The lowest BCUT2D eigenvalue weighted by Gasteiger charge is -2.27. The molecule has 2 atom stereocenters. The summed E-state index contributed by atoms with van der Waals surface area (Å²) in [6, 6.07) is 13.9. The molecule has 1 amide bonds. The number of hydrogen-bond donors (Lipinski definition) is 2. The molecule has 1 aliphatic carbocycles. The van der Waals surface area contributed by atoms with Gasteiger partial charge in [0.25, 0.3) is 0 Å². The van der Waals surface area contributed by atoms with E-state index in [0.29, 0.717) is 25.8 Å². The second kappa shape index (κ2) is 9.59. The van der Waals surface area contributed by atoms with Crippen LogP contribution in [0.15, 0.2) is 42.5 Å². The molecule has 3 rings (SSSR count). The van der Waals surface area contributed by atoms with E-state index in [9.17, 15) is 14.7 Å². The number of nitrogens with one attached hydrogen (secondary N) is 1. The molecule has 1 aliphatic rings. The number of hydrogen-bond acceptors (Lipinski definition) is 3. The van der Waals surface area contributed by atoms with E-state index in [1.807, 2.05) is 43.3 Å². The van der Waals surface area contributed by atoms with Gasteiger partial charge in [-0.05, 0) is 62.4 Å². The third-order valence-corrected chi connectivity index (χ3v) is 5.61. The van der Waals surface area contributed by atoms with Gasteiger partial charge in [0.05, 0.1) is 11.8 Å². The maximum atomic E-state index is 12.4. The molecule has 1 saturated carbocycles. The summed E-state index contributed by atoms with van der Waals surface area (Å²) in [6.07, 6.45) is 3.75. The van der Waals surface area contributed by atoms with Gasteiger partial charge in [-0.2, -0.15) is 0 Å². The summed E-state index contributed by atoms with van der Waals surface area (Å²) in [7, 11) is 0. The summed E-state index contributed by atoms with van der Waals surface area (Å²) in [6.45, 7) is 4.58. The molecule has 2 aromatic rings. The van der Waals surface area contributed by atoms with E-state index in [0.717, 1.165) is 35.5 Å². The lowest BCUT2D eigenvalue weighted by Crippen LogP contribution is -2.40. The second-order valence-electron chi connectivity index (χ2n) is 7.89. The van der Waals surface area contributed by atoms with Crippen LogP contribution >= 0.6 is 0 Å². The standard InChI is InChI=1S/C24H29NO4/c1-16-7-12-22(17(2)15-16)29-19-10-8-18(9-11-19)13-14-25-23(26)20-5-3-4-6-21(20)24(27)28/h7-12,15,20-21H,3-6,13-14H2,1-2H3,(H,25,26)(H,27,28). The Hall–Kier alpha value is -2.82. The van der Waals surface area contributed by atoms with Crippen LogP contribution in [0, 0.1) is 25.7 Å². The second-order valence-corrected chi connectivity index (χ2v) is 7.89. The molecule has 0 bridgehead atoms. The Labute approximate surface area is 172 Å². The van der Waals surface area contributed by atoms with Gasteiger partial charge in [-0.25, -0.2) is 0 Å². The molecule has 5 nitrogen and oxygen atoms in total. The summed E-state index contributed by atoms with van der Waals surface area (Å²) in [5.74, 6) is -0.330. The van der Waals surface area contributed by atoms with Crippen molar-refractivity contribution in [2.75, 3.05) is 6.54 Å². The lowest BCUT2D eigenvalue weighted by atomic mass is 9.78. The number of aryl methyl sites for hydroxylation is 2. The number of aliphatic carboxylic acids is 1. The van der Waals surface area contributed by atoms with E-state index in [1.54, 1.807) is 0 Å². The first kappa shape index (κ1) is 20.9. The summed E-state index contributed by atoms with van der Waals surface area (Å²) in [4.78, 5) is 23.8. The van der Waals surface area contributed by atoms with Gasteiger partial charge in [-0.15, -0.1) is 0 Å². The molecule has 2 aromatic carbocycles. The van der Waals surface area contributed by atoms with Gasteiger partial charge >= 0.3 is 5.97 Å². The van der Waals surface area contributed by atoms with Gasteiger partial charge < -0.3 is 15.2 Å². The predicted octanol–water partition coefficient (Wildman–Crippen LogP) is 4.65. The van der Waals surface area contributed by atoms with E-state index in [2.05, 4.69) is 18.3 Å². The smallest absolute Gasteiger partial charge is 0.307 e. The van der Waals surface area contributed by atoms with Crippen LogP contribution in [0.5, 0.6) is 11.5 Å². The fraction of sp³-hybridized carbons (Fsp3) is 0.417. The number of benzene rings is 2. The van der Waals surface area contributed by atoms with Crippen LogP contribution in [-0.4, -0.2) is 23.5 Å². The molecule has 0 aromatic heterocycles. The summed E-state index contributed by atoms with van der Waals surface area (Å²) >= 11 is 0. The third kappa shape index (κ3) is 5.59. The van der Waals surface area contributed by atoms with Crippen molar-refractivity contribution in [3.05, 3.63) is 59.2 Å². The monoisotopic (exact) mass is 395 g/mol. The minimum absolute atomic E-state index is 0.133.